The number of carboxylic acids is 1. The highest BCUT2D eigenvalue weighted by Gasteiger charge is 2.42. The average molecular weight is 310 g/mol. The molecule has 0 spiro atoms. The number of sulfonamides is 1. The van der Waals surface area contributed by atoms with Gasteiger partial charge in [-0.05, 0) is 17.7 Å². The van der Waals surface area contributed by atoms with Gasteiger partial charge >= 0.3 is 5.97 Å². The molecule has 1 heterocycles. The largest absolute Gasteiger partial charge is 0.480 e. The molecule has 2 rings (SSSR count). The molecule has 0 unspecified atom stereocenters. The van der Waals surface area contributed by atoms with Gasteiger partial charge in [-0.2, -0.15) is 9.57 Å². The fourth-order valence-electron chi connectivity index (χ4n) is 2.34. The second kappa shape index (κ2) is 5.81. The summed E-state index contributed by atoms with van der Waals surface area (Å²) in [6.45, 7) is -0.225. The number of rotatable bonds is 4. The third-order valence-electron chi connectivity index (χ3n) is 3.28. The second-order valence-corrected chi connectivity index (χ2v) is 6.80. The van der Waals surface area contributed by atoms with E-state index in [9.17, 15) is 18.3 Å². The van der Waals surface area contributed by atoms with Gasteiger partial charge in [0.05, 0.1) is 23.5 Å². The lowest BCUT2D eigenvalue weighted by Gasteiger charge is -2.20. The van der Waals surface area contributed by atoms with E-state index < -0.39 is 33.9 Å². The van der Waals surface area contributed by atoms with E-state index in [2.05, 4.69) is 0 Å². The molecule has 1 aliphatic heterocycles. The van der Waals surface area contributed by atoms with Crippen molar-refractivity contribution in [3.05, 3.63) is 35.4 Å². The van der Waals surface area contributed by atoms with E-state index in [1.807, 2.05) is 6.07 Å². The molecule has 112 valence electrons. The fraction of sp³-hybridized carbons (Fsp3) is 0.385. The lowest BCUT2D eigenvalue weighted by Crippen LogP contribution is -2.41. The first-order valence-electron chi connectivity index (χ1n) is 6.23. The van der Waals surface area contributed by atoms with E-state index >= 15 is 0 Å². The van der Waals surface area contributed by atoms with Crippen molar-refractivity contribution in [1.82, 2.24) is 4.31 Å². The van der Waals surface area contributed by atoms with Gasteiger partial charge in [0.25, 0.3) is 0 Å². The Labute approximate surface area is 122 Å². The molecular formula is C13H14N2O5S. The number of nitriles is 1. The van der Waals surface area contributed by atoms with Gasteiger partial charge in [-0.1, -0.05) is 12.1 Å². The number of hydrogen-bond donors (Lipinski definition) is 2. The second-order valence-electron chi connectivity index (χ2n) is 4.88. The first-order chi connectivity index (χ1) is 9.83. The minimum Gasteiger partial charge on any atom is -0.480 e. The molecule has 8 heteroatoms. The Bertz CT molecular complexity index is 695. The molecule has 2 atom stereocenters. The molecular weight excluding hydrogens is 296 g/mol. The minimum atomic E-state index is -3.88. The highest BCUT2D eigenvalue weighted by atomic mass is 32.2. The van der Waals surface area contributed by atoms with Crippen molar-refractivity contribution < 1.29 is 23.4 Å². The maximum atomic E-state index is 12.3. The summed E-state index contributed by atoms with van der Waals surface area (Å²) in [5.74, 6) is -1.68. The zero-order valence-corrected chi connectivity index (χ0v) is 11.8. The third kappa shape index (κ3) is 3.39. The molecule has 0 saturated carbocycles. The van der Waals surface area contributed by atoms with Crippen molar-refractivity contribution >= 4 is 16.0 Å². The van der Waals surface area contributed by atoms with Crippen molar-refractivity contribution in [2.45, 2.75) is 24.3 Å². The Hall–Kier alpha value is -1.95. The van der Waals surface area contributed by atoms with Gasteiger partial charge in [-0.3, -0.25) is 4.79 Å². The van der Waals surface area contributed by atoms with Crippen LogP contribution in [0.25, 0.3) is 0 Å². The predicted octanol–water partition coefficient (Wildman–Crippen LogP) is -0.0921. The van der Waals surface area contributed by atoms with Crippen LogP contribution in [-0.2, 0) is 20.6 Å². The SMILES string of the molecule is N#Cc1cccc(CS(=O)(=O)N2C[C@H](O)C[C@H]2C(=O)O)c1. The number of carboxylic acid groups (broad SMARTS) is 1. The Morgan fingerprint density at radius 1 is 1.48 bits per heavy atom. The number of benzene rings is 1. The van der Waals surface area contributed by atoms with Crippen LogP contribution in [-0.4, -0.2) is 47.6 Å². The molecule has 1 aliphatic rings. The molecule has 2 N–H and O–H groups in total. The van der Waals surface area contributed by atoms with Crippen LogP contribution in [0.4, 0.5) is 0 Å². The summed E-state index contributed by atoms with van der Waals surface area (Å²) in [5.41, 5.74) is 0.735. The van der Waals surface area contributed by atoms with Gasteiger partial charge in [-0.15, -0.1) is 0 Å². The van der Waals surface area contributed by atoms with Crippen LogP contribution < -0.4 is 0 Å². The summed E-state index contributed by atoms with van der Waals surface area (Å²) in [6, 6.07) is 6.79. The van der Waals surface area contributed by atoms with Crippen LogP contribution in [0.5, 0.6) is 0 Å². The van der Waals surface area contributed by atoms with E-state index in [0.717, 1.165) is 4.31 Å². The van der Waals surface area contributed by atoms with E-state index in [1.165, 1.54) is 6.07 Å². The number of hydrogen-bond acceptors (Lipinski definition) is 5. The van der Waals surface area contributed by atoms with Crippen molar-refractivity contribution in [3.63, 3.8) is 0 Å². The number of aliphatic hydroxyl groups is 1. The molecule has 1 aromatic rings. The van der Waals surface area contributed by atoms with E-state index in [4.69, 9.17) is 10.4 Å². The van der Waals surface area contributed by atoms with E-state index in [0.29, 0.717) is 11.1 Å². The Morgan fingerprint density at radius 3 is 2.81 bits per heavy atom. The highest BCUT2D eigenvalue weighted by Crippen LogP contribution is 2.24. The first kappa shape index (κ1) is 15.4. The molecule has 21 heavy (non-hydrogen) atoms. The van der Waals surface area contributed by atoms with Gasteiger partial charge in [0, 0.05) is 13.0 Å². The van der Waals surface area contributed by atoms with Crippen LogP contribution in [0.1, 0.15) is 17.5 Å². The summed E-state index contributed by atoms with van der Waals surface area (Å²) in [7, 11) is -3.88. The summed E-state index contributed by atoms with van der Waals surface area (Å²) in [4.78, 5) is 11.1. The molecule has 0 aromatic heterocycles. The van der Waals surface area contributed by atoms with Crippen molar-refractivity contribution in [2.24, 2.45) is 0 Å². The lowest BCUT2D eigenvalue weighted by molar-refractivity contribution is -0.140. The average Bonchev–Trinajstić information content (AvgIpc) is 2.82. The molecule has 1 aromatic carbocycles. The predicted molar refractivity (Wildman–Crippen MR) is 72.5 cm³/mol. The summed E-state index contributed by atoms with van der Waals surface area (Å²) >= 11 is 0. The summed E-state index contributed by atoms with van der Waals surface area (Å²) in [6.07, 6.45) is -1.10. The van der Waals surface area contributed by atoms with E-state index in [1.54, 1.807) is 18.2 Å². The zero-order valence-electron chi connectivity index (χ0n) is 11.0. The molecule has 0 amide bonds. The van der Waals surface area contributed by atoms with Gasteiger partial charge in [0.15, 0.2) is 0 Å². The normalized spacial score (nSPS) is 22.9. The molecule has 1 fully saturated rings. The van der Waals surface area contributed by atoms with Gasteiger partial charge in [0.2, 0.25) is 10.0 Å². The summed E-state index contributed by atoms with van der Waals surface area (Å²) in [5, 5.41) is 27.4. The zero-order chi connectivity index (χ0) is 15.6. The molecule has 0 bridgehead atoms. The van der Waals surface area contributed by atoms with Crippen LogP contribution >= 0.6 is 0 Å². The maximum Gasteiger partial charge on any atom is 0.322 e. The minimum absolute atomic E-state index is 0.118. The van der Waals surface area contributed by atoms with Crippen LogP contribution in [0, 0.1) is 11.3 Å². The number of aliphatic hydroxyl groups excluding tert-OH is 1. The number of nitrogens with zero attached hydrogens (tertiary/aromatic N) is 2. The molecule has 0 aliphatic carbocycles. The quantitative estimate of drug-likeness (QED) is 0.802. The van der Waals surface area contributed by atoms with Gasteiger partial charge in [0.1, 0.15) is 6.04 Å². The van der Waals surface area contributed by atoms with Crippen LogP contribution in [0.15, 0.2) is 24.3 Å². The van der Waals surface area contributed by atoms with Crippen molar-refractivity contribution in [2.75, 3.05) is 6.54 Å². The highest BCUT2D eigenvalue weighted by molar-refractivity contribution is 7.88. The molecule has 1 saturated heterocycles. The monoisotopic (exact) mass is 310 g/mol. The van der Waals surface area contributed by atoms with Crippen molar-refractivity contribution in [3.8, 4) is 6.07 Å². The smallest absolute Gasteiger partial charge is 0.322 e. The van der Waals surface area contributed by atoms with Crippen molar-refractivity contribution in [1.29, 1.82) is 5.26 Å². The van der Waals surface area contributed by atoms with Crippen LogP contribution in [0.3, 0.4) is 0 Å². The lowest BCUT2D eigenvalue weighted by atomic mass is 10.2. The fourth-order valence-corrected chi connectivity index (χ4v) is 4.07. The van der Waals surface area contributed by atoms with E-state index in [-0.39, 0.29) is 13.0 Å². The maximum absolute atomic E-state index is 12.3. The number of β-amino-alcohol motifs (C(OH)–C–C–N with tert-alkyl or cyclic N) is 1. The topological polar surface area (TPSA) is 119 Å². The molecule has 7 nitrogen and oxygen atoms in total. The third-order valence-corrected chi connectivity index (χ3v) is 5.10. The summed E-state index contributed by atoms with van der Waals surface area (Å²) < 4.78 is 25.5. The van der Waals surface area contributed by atoms with Crippen LogP contribution in [0.2, 0.25) is 0 Å². The Morgan fingerprint density at radius 2 is 2.19 bits per heavy atom. The Kier molecular flexibility index (Phi) is 4.27. The number of carbonyl (C=O) groups is 1. The standard InChI is InChI=1S/C13H14N2O5S/c14-6-9-2-1-3-10(4-9)8-21(19,20)15-7-11(16)5-12(15)13(17)18/h1-4,11-12,16H,5,7-8H2,(H,17,18)/t11-,12+/m1/s1. The van der Waals surface area contributed by atoms with Gasteiger partial charge < -0.3 is 10.2 Å². The Balaban J connectivity index is 2.25. The first-order valence-corrected chi connectivity index (χ1v) is 7.84. The van der Waals surface area contributed by atoms with Gasteiger partial charge in [-0.25, -0.2) is 8.42 Å². The molecule has 0 radical (unpaired) electrons. The number of aliphatic carboxylic acids is 1.